The number of carbonyl (C=O) groups is 1. The summed E-state index contributed by atoms with van der Waals surface area (Å²) in [7, 11) is 0. The Morgan fingerprint density at radius 3 is 2.78 bits per heavy atom. The molecule has 0 unspecified atom stereocenters. The monoisotopic (exact) mass is 383 g/mol. The second kappa shape index (κ2) is 7.15. The summed E-state index contributed by atoms with van der Waals surface area (Å²) >= 11 is 1.18. The van der Waals surface area contributed by atoms with Crippen molar-refractivity contribution in [3.8, 4) is 11.5 Å². The Morgan fingerprint density at radius 1 is 1.22 bits per heavy atom. The average Bonchev–Trinajstić information content (AvgIpc) is 3.25. The van der Waals surface area contributed by atoms with E-state index in [1.807, 2.05) is 36.9 Å². The van der Waals surface area contributed by atoms with Gasteiger partial charge in [0.05, 0.1) is 10.8 Å². The van der Waals surface area contributed by atoms with Crippen LogP contribution < -0.4 is 4.90 Å². The molecule has 0 radical (unpaired) electrons. The topological polar surface area (TPSA) is 59.2 Å². The van der Waals surface area contributed by atoms with Gasteiger partial charge in [0.1, 0.15) is 5.82 Å². The molecule has 0 saturated carbocycles. The maximum atomic E-state index is 13.9. The van der Waals surface area contributed by atoms with Gasteiger partial charge < -0.3 is 9.32 Å². The molecule has 1 aliphatic heterocycles. The molecule has 138 valence electrons. The number of hydrogen-bond acceptors (Lipinski definition) is 5. The zero-order valence-corrected chi connectivity index (χ0v) is 15.7. The van der Waals surface area contributed by atoms with Gasteiger partial charge in [-0.15, -0.1) is 10.2 Å². The number of thioether (sulfide) groups is 1. The van der Waals surface area contributed by atoms with Gasteiger partial charge in [-0.2, -0.15) is 0 Å². The van der Waals surface area contributed by atoms with Crippen molar-refractivity contribution in [1.82, 2.24) is 10.2 Å². The van der Waals surface area contributed by atoms with Crippen LogP contribution in [-0.2, 0) is 11.2 Å². The molecule has 3 aromatic rings. The van der Waals surface area contributed by atoms with Crippen LogP contribution in [0, 0.1) is 5.82 Å². The average molecular weight is 383 g/mol. The van der Waals surface area contributed by atoms with E-state index >= 15 is 0 Å². The van der Waals surface area contributed by atoms with E-state index in [2.05, 4.69) is 16.3 Å². The van der Waals surface area contributed by atoms with Crippen molar-refractivity contribution in [3.05, 3.63) is 59.9 Å². The molecule has 0 saturated heterocycles. The highest BCUT2D eigenvalue weighted by molar-refractivity contribution is 8.00. The van der Waals surface area contributed by atoms with Crippen LogP contribution in [0.25, 0.3) is 11.5 Å². The second-order valence-corrected chi connectivity index (χ2v) is 7.80. The number of halogens is 1. The Hall–Kier alpha value is -2.67. The molecule has 0 spiro atoms. The smallest absolute Gasteiger partial charge is 0.277 e. The highest BCUT2D eigenvalue weighted by Crippen LogP contribution is 2.35. The summed E-state index contributed by atoms with van der Waals surface area (Å²) in [5, 5.41) is 7.70. The first-order valence-electron chi connectivity index (χ1n) is 8.70. The van der Waals surface area contributed by atoms with Gasteiger partial charge in [-0.05, 0) is 44.0 Å². The zero-order chi connectivity index (χ0) is 19.0. The van der Waals surface area contributed by atoms with Crippen LogP contribution in [0.1, 0.15) is 19.4 Å². The summed E-state index contributed by atoms with van der Waals surface area (Å²) < 4.78 is 19.4. The van der Waals surface area contributed by atoms with E-state index in [1.54, 1.807) is 18.2 Å². The van der Waals surface area contributed by atoms with Gasteiger partial charge in [0.15, 0.2) is 0 Å². The summed E-state index contributed by atoms with van der Waals surface area (Å²) in [6, 6.07) is 14.3. The van der Waals surface area contributed by atoms with Crippen molar-refractivity contribution in [3.63, 3.8) is 0 Å². The summed E-state index contributed by atoms with van der Waals surface area (Å²) in [6.07, 6.45) is 0.845. The van der Waals surface area contributed by atoms with Crippen LogP contribution in [0.5, 0.6) is 0 Å². The number of rotatable bonds is 4. The maximum Gasteiger partial charge on any atom is 0.277 e. The molecule has 2 atom stereocenters. The lowest BCUT2D eigenvalue weighted by molar-refractivity contribution is -0.118. The van der Waals surface area contributed by atoms with Gasteiger partial charge in [-0.1, -0.05) is 42.1 Å². The Kier molecular flexibility index (Phi) is 4.70. The van der Waals surface area contributed by atoms with E-state index in [0.717, 1.165) is 12.1 Å². The standard InChI is InChI=1S/C20H18FN3O2S/c1-12-11-14-7-3-6-10-17(14)24(12)19(25)13(2)27-20-23-22-18(26-20)15-8-4-5-9-16(15)21/h3-10,12-13H,11H2,1-2H3/t12-,13-/m1/s1. The lowest BCUT2D eigenvalue weighted by Gasteiger charge is -2.25. The molecule has 5 nitrogen and oxygen atoms in total. The van der Waals surface area contributed by atoms with Crippen molar-refractivity contribution >= 4 is 23.4 Å². The first-order chi connectivity index (χ1) is 13.0. The van der Waals surface area contributed by atoms with Crippen molar-refractivity contribution in [2.24, 2.45) is 0 Å². The third kappa shape index (κ3) is 3.35. The number of amides is 1. The Morgan fingerprint density at radius 2 is 1.96 bits per heavy atom. The van der Waals surface area contributed by atoms with E-state index in [-0.39, 0.29) is 28.6 Å². The lowest BCUT2D eigenvalue weighted by Crippen LogP contribution is -2.40. The number of para-hydroxylation sites is 1. The number of benzene rings is 2. The Bertz CT molecular complexity index is 991. The number of hydrogen-bond donors (Lipinski definition) is 0. The van der Waals surface area contributed by atoms with Crippen LogP contribution in [0.2, 0.25) is 0 Å². The summed E-state index contributed by atoms with van der Waals surface area (Å²) in [5.41, 5.74) is 2.38. The molecule has 2 aromatic carbocycles. The number of fused-ring (bicyclic) bond motifs is 1. The molecular weight excluding hydrogens is 365 g/mol. The van der Waals surface area contributed by atoms with Crippen LogP contribution in [0.15, 0.2) is 58.2 Å². The molecule has 0 fully saturated rings. The van der Waals surface area contributed by atoms with Gasteiger partial charge >= 0.3 is 0 Å². The first-order valence-corrected chi connectivity index (χ1v) is 9.58. The van der Waals surface area contributed by atoms with Crippen molar-refractivity contribution in [2.45, 2.75) is 36.8 Å². The predicted octanol–water partition coefficient (Wildman–Crippen LogP) is 4.33. The van der Waals surface area contributed by atoms with Gasteiger partial charge in [0, 0.05) is 11.7 Å². The molecule has 7 heteroatoms. The fourth-order valence-electron chi connectivity index (χ4n) is 3.30. The molecular formula is C20H18FN3O2S. The third-order valence-electron chi connectivity index (χ3n) is 4.58. The number of nitrogens with zero attached hydrogens (tertiary/aromatic N) is 3. The molecule has 1 amide bonds. The van der Waals surface area contributed by atoms with Gasteiger partial charge in [-0.3, -0.25) is 4.79 Å². The predicted molar refractivity (Wildman–Crippen MR) is 102 cm³/mol. The van der Waals surface area contributed by atoms with Crippen LogP contribution in [0.3, 0.4) is 0 Å². The van der Waals surface area contributed by atoms with Crippen molar-refractivity contribution in [2.75, 3.05) is 4.90 Å². The van der Waals surface area contributed by atoms with Crippen LogP contribution >= 0.6 is 11.8 Å². The highest BCUT2D eigenvalue weighted by atomic mass is 32.2. The van der Waals surface area contributed by atoms with E-state index in [4.69, 9.17) is 4.42 Å². The Labute approximate surface area is 160 Å². The van der Waals surface area contributed by atoms with E-state index in [1.165, 1.54) is 23.4 Å². The SMILES string of the molecule is C[C@@H]1Cc2ccccc2N1C(=O)[C@@H](C)Sc1nnc(-c2ccccc2F)o1. The molecule has 27 heavy (non-hydrogen) atoms. The van der Waals surface area contributed by atoms with E-state index < -0.39 is 11.1 Å². The number of anilines is 1. The number of aromatic nitrogens is 2. The molecule has 4 rings (SSSR count). The van der Waals surface area contributed by atoms with Crippen LogP contribution in [0.4, 0.5) is 10.1 Å². The van der Waals surface area contributed by atoms with Crippen molar-refractivity contribution in [1.29, 1.82) is 0 Å². The lowest BCUT2D eigenvalue weighted by atomic mass is 10.1. The zero-order valence-electron chi connectivity index (χ0n) is 14.9. The molecule has 0 N–H and O–H groups in total. The fraction of sp³-hybridized carbons (Fsp3) is 0.250. The van der Waals surface area contributed by atoms with E-state index in [0.29, 0.717) is 0 Å². The highest BCUT2D eigenvalue weighted by Gasteiger charge is 2.34. The van der Waals surface area contributed by atoms with Gasteiger partial charge in [-0.25, -0.2) is 4.39 Å². The van der Waals surface area contributed by atoms with E-state index in [9.17, 15) is 9.18 Å². The van der Waals surface area contributed by atoms with Crippen molar-refractivity contribution < 1.29 is 13.6 Å². The largest absolute Gasteiger partial charge is 0.411 e. The minimum Gasteiger partial charge on any atom is -0.411 e. The Balaban J connectivity index is 1.51. The maximum absolute atomic E-state index is 13.9. The summed E-state index contributed by atoms with van der Waals surface area (Å²) in [6.45, 7) is 3.85. The second-order valence-electron chi connectivity index (χ2n) is 6.50. The molecule has 0 bridgehead atoms. The minimum atomic E-state index is -0.427. The quantitative estimate of drug-likeness (QED) is 0.628. The number of carbonyl (C=O) groups excluding carboxylic acids is 1. The molecule has 2 heterocycles. The molecule has 0 aliphatic carbocycles. The van der Waals surface area contributed by atoms with Crippen LogP contribution in [-0.4, -0.2) is 27.4 Å². The normalized spacial score (nSPS) is 17.0. The third-order valence-corrected chi connectivity index (χ3v) is 5.50. The van der Waals surface area contributed by atoms with Gasteiger partial charge in [0.25, 0.3) is 11.1 Å². The minimum absolute atomic E-state index is 0.0110. The molecule has 1 aromatic heterocycles. The first kappa shape index (κ1) is 17.7. The summed E-state index contributed by atoms with van der Waals surface area (Å²) in [5.74, 6) is -0.331. The van der Waals surface area contributed by atoms with Gasteiger partial charge in [0.2, 0.25) is 5.91 Å². The molecule has 1 aliphatic rings. The fourth-order valence-corrected chi connectivity index (χ4v) is 4.03. The summed E-state index contributed by atoms with van der Waals surface area (Å²) in [4.78, 5) is 14.8.